The van der Waals surface area contributed by atoms with Gasteiger partial charge in [0, 0.05) is 6.54 Å². The molecule has 0 saturated carbocycles. The zero-order chi connectivity index (χ0) is 14.5. The lowest BCUT2D eigenvalue weighted by molar-refractivity contribution is -0.137. The van der Waals surface area contributed by atoms with Gasteiger partial charge in [0.05, 0.1) is 22.9 Å². The molecular weight excluding hydrogens is 285 g/mol. The lowest BCUT2D eigenvalue weighted by Gasteiger charge is -2.15. The fourth-order valence-corrected chi connectivity index (χ4v) is 1.53. The summed E-state index contributed by atoms with van der Waals surface area (Å²) >= 11 is 5.67. The van der Waals surface area contributed by atoms with E-state index in [0.29, 0.717) is 0 Å². The second-order valence-electron chi connectivity index (χ2n) is 3.55. The minimum Gasteiger partial charge on any atom is -0.370 e. The monoisotopic (exact) mass is 296 g/mol. The number of nitrogens with two attached hydrogens (primary N) is 1. The number of nitrogens with one attached hydrogen (secondary N) is 1. The van der Waals surface area contributed by atoms with Gasteiger partial charge in [0.25, 0.3) is 0 Å². The number of rotatable bonds is 5. The fourth-order valence-electron chi connectivity index (χ4n) is 1.31. The Balaban J connectivity index is 2.85. The van der Waals surface area contributed by atoms with Crippen molar-refractivity contribution in [1.29, 1.82) is 0 Å². The van der Waals surface area contributed by atoms with Crippen LogP contribution in [-0.2, 0) is 15.7 Å². The summed E-state index contributed by atoms with van der Waals surface area (Å²) in [5, 5.41) is 1.89. The van der Waals surface area contributed by atoms with Crippen molar-refractivity contribution in [2.75, 3.05) is 25.1 Å². The highest BCUT2D eigenvalue weighted by Crippen LogP contribution is 2.38. The predicted octanol–water partition coefficient (Wildman–Crippen LogP) is 2.27. The number of ether oxygens (including phenoxy) is 1. The summed E-state index contributed by atoms with van der Waals surface area (Å²) in [6.07, 6.45) is -4.61. The summed E-state index contributed by atoms with van der Waals surface area (Å²) in [6.45, 7) is -0.0328. The second kappa shape index (κ2) is 6.74. The Morgan fingerprint density at radius 1 is 1.42 bits per heavy atom. The van der Waals surface area contributed by atoms with E-state index < -0.39 is 23.3 Å². The predicted molar refractivity (Wildman–Crippen MR) is 65.0 cm³/mol. The number of anilines is 1. The lowest BCUT2D eigenvalue weighted by Crippen LogP contribution is -2.22. The molecule has 0 aliphatic rings. The molecule has 4 nitrogen and oxygen atoms in total. The molecule has 0 spiro atoms. The quantitative estimate of drug-likeness (QED) is 0.819. The molecule has 1 rings (SSSR count). The largest absolute Gasteiger partial charge is 0.418 e. The van der Waals surface area contributed by atoms with E-state index in [1.54, 1.807) is 0 Å². The van der Waals surface area contributed by atoms with Crippen molar-refractivity contribution in [2.24, 2.45) is 5.73 Å². The van der Waals surface area contributed by atoms with E-state index in [1.807, 2.05) is 0 Å². The van der Waals surface area contributed by atoms with Crippen molar-refractivity contribution in [1.82, 2.24) is 0 Å². The minimum atomic E-state index is -4.61. The minimum absolute atomic E-state index is 0.141. The molecule has 0 atom stereocenters. The SMILES string of the molecule is NCCOCC(=O)Nc1c(Cl)cccc1C(F)(F)F. The third kappa shape index (κ3) is 4.70. The first-order chi connectivity index (χ1) is 8.86. The van der Waals surface area contributed by atoms with Crippen LogP contribution in [0.4, 0.5) is 18.9 Å². The summed E-state index contributed by atoms with van der Waals surface area (Å²) in [6, 6.07) is 3.25. The van der Waals surface area contributed by atoms with Gasteiger partial charge in [-0.25, -0.2) is 0 Å². The first kappa shape index (κ1) is 15.7. The van der Waals surface area contributed by atoms with Crippen molar-refractivity contribution in [2.45, 2.75) is 6.18 Å². The van der Waals surface area contributed by atoms with E-state index in [9.17, 15) is 18.0 Å². The molecule has 0 aromatic heterocycles. The summed E-state index contributed by atoms with van der Waals surface area (Å²) < 4.78 is 43.0. The van der Waals surface area contributed by atoms with Crippen LogP contribution in [0.5, 0.6) is 0 Å². The first-order valence-electron chi connectivity index (χ1n) is 5.29. The molecule has 0 radical (unpaired) electrons. The van der Waals surface area contributed by atoms with Gasteiger partial charge in [-0.05, 0) is 12.1 Å². The Morgan fingerprint density at radius 3 is 2.68 bits per heavy atom. The molecule has 1 aromatic rings. The Labute approximate surface area is 112 Å². The topological polar surface area (TPSA) is 64.3 Å². The van der Waals surface area contributed by atoms with Crippen molar-refractivity contribution < 1.29 is 22.7 Å². The van der Waals surface area contributed by atoms with Gasteiger partial charge in [0.1, 0.15) is 6.61 Å². The number of amides is 1. The average molecular weight is 297 g/mol. The van der Waals surface area contributed by atoms with Crippen LogP contribution >= 0.6 is 11.6 Å². The number of carbonyl (C=O) groups excluding carboxylic acids is 1. The van der Waals surface area contributed by atoms with E-state index in [4.69, 9.17) is 22.1 Å². The van der Waals surface area contributed by atoms with Gasteiger partial charge in [-0.15, -0.1) is 0 Å². The Bertz CT molecular complexity index is 452. The molecule has 0 heterocycles. The van der Waals surface area contributed by atoms with Crippen LogP contribution in [0.25, 0.3) is 0 Å². The van der Waals surface area contributed by atoms with Crippen LogP contribution in [0.3, 0.4) is 0 Å². The van der Waals surface area contributed by atoms with Crippen LogP contribution in [0.2, 0.25) is 5.02 Å². The highest BCUT2D eigenvalue weighted by atomic mass is 35.5. The van der Waals surface area contributed by atoms with Gasteiger partial charge >= 0.3 is 6.18 Å². The molecule has 0 bridgehead atoms. The van der Waals surface area contributed by atoms with Gasteiger partial charge in [0.15, 0.2) is 0 Å². The third-order valence-corrected chi connectivity index (χ3v) is 2.39. The molecule has 0 aliphatic carbocycles. The Hall–Kier alpha value is -1.31. The number of hydrogen-bond donors (Lipinski definition) is 2. The van der Waals surface area contributed by atoms with Crippen molar-refractivity contribution in [3.05, 3.63) is 28.8 Å². The molecular formula is C11H12ClF3N2O2. The van der Waals surface area contributed by atoms with Gasteiger partial charge < -0.3 is 15.8 Å². The van der Waals surface area contributed by atoms with Crippen LogP contribution in [0.1, 0.15) is 5.56 Å². The number of hydrogen-bond acceptors (Lipinski definition) is 3. The van der Waals surface area contributed by atoms with Crippen molar-refractivity contribution >= 4 is 23.2 Å². The van der Waals surface area contributed by atoms with Crippen molar-refractivity contribution in [3.63, 3.8) is 0 Å². The normalized spacial score (nSPS) is 11.4. The maximum atomic E-state index is 12.7. The molecule has 1 amide bonds. The molecule has 1 aromatic carbocycles. The zero-order valence-corrected chi connectivity index (χ0v) is 10.5. The summed E-state index contributed by atoms with van der Waals surface area (Å²) in [7, 11) is 0. The summed E-state index contributed by atoms with van der Waals surface area (Å²) in [5.74, 6) is -0.730. The highest BCUT2D eigenvalue weighted by molar-refractivity contribution is 6.34. The van der Waals surface area contributed by atoms with E-state index >= 15 is 0 Å². The maximum Gasteiger partial charge on any atom is 0.418 e. The van der Waals surface area contributed by atoms with Gasteiger partial charge in [-0.2, -0.15) is 13.2 Å². The molecule has 0 aliphatic heterocycles. The van der Waals surface area contributed by atoms with E-state index in [-0.39, 0.29) is 24.8 Å². The molecule has 0 fully saturated rings. The number of halogens is 4. The number of alkyl halides is 3. The third-order valence-electron chi connectivity index (χ3n) is 2.08. The second-order valence-corrected chi connectivity index (χ2v) is 3.96. The Kier molecular flexibility index (Phi) is 5.59. The van der Waals surface area contributed by atoms with E-state index in [1.165, 1.54) is 6.07 Å². The van der Waals surface area contributed by atoms with Crippen LogP contribution < -0.4 is 11.1 Å². The van der Waals surface area contributed by atoms with E-state index in [2.05, 4.69) is 5.32 Å². The molecule has 8 heteroatoms. The zero-order valence-electron chi connectivity index (χ0n) is 9.76. The number of para-hydroxylation sites is 1. The van der Waals surface area contributed by atoms with Crippen LogP contribution in [-0.4, -0.2) is 25.7 Å². The number of benzene rings is 1. The molecule has 19 heavy (non-hydrogen) atoms. The molecule has 3 N–H and O–H groups in total. The lowest BCUT2D eigenvalue weighted by atomic mass is 10.1. The fraction of sp³-hybridized carbons (Fsp3) is 0.364. The van der Waals surface area contributed by atoms with Gasteiger partial charge in [-0.3, -0.25) is 4.79 Å². The molecule has 106 valence electrons. The first-order valence-corrected chi connectivity index (χ1v) is 5.67. The van der Waals surface area contributed by atoms with Gasteiger partial charge in [-0.1, -0.05) is 17.7 Å². The molecule has 0 saturated heterocycles. The number of carbonyl (C=O) groups is 1. The summed E-state index contributed by atoms with van der Waals surface area (Å²) in [5.41, 5.74) is 3.66. The molecule has 0 unspecified atom stereocenters. The van der Waals surface area contributed by atoms with Crippen molar-refractivity contribution in [3.8, 4) is 0 Å². The maximum absolute atomic E-state index is 12.7. The van der Waals surface area contributed by atoms with Crippen LogP contribution in [0, 0.1) is 0 Å². The summed E-state index contributed by atoms with van der Waals surface area (Å²) in [4.78, 5) is 11.4. The Morgan fingerprint density at radius 2 is 2.11 bits per heavy atom. The van der Waals surface area contributed by atoms with Gasteiger partial charge in [0.2, 0.25) is 5.91 Å². The van der Waals surface area contributed by atoms with Crippen LogP contribution in [0.15, 0.2) is 18.2 Å². The smallest absolute Gasteiger partial charge is 0.370 e. The standard InChI is InChI=1S/C11H12ClF3N2O2/c12-8-3-1-2-7(11(13,14)15)10(8)17-9(18)6-19-5-4-16/h1-3H,4-6,16H2,(H,17,18). The van der Waals surface area contributed by atoms with E-state index in [0.717, 1.165) is 12.1 Å². The average Bonchev–Trinajstić information content (AvgIpc) is 2.30. The highest BCUT2D eigenvalue weighted by Gasteiger charge is 2.34.